The fourth-order valence-corrected chi connectivity index (χ4v) is 2.10. The molecule has 0 aromatic rings. The Kier molecular flexibility index (Phi) is 13.8. The number of hydrogen-bond acceptors (Lipinski definition) is 4. The normalized spacial score (nSPS) is 13.0. The molecule has 1 unspecified atom stereocenters. The fourth-order valence-electron chi connectivity index (χ4n) is 1.75. The van der Waals surface area contributed by atoms with Crippen molar-refractivity contribution in [3.8, 4) is 0 Å². The zero-order chi connectivity index (χ0) is 21.0. The van der Waals surface area contributed by atoms with E-state index in [-0.39, 0.29) is 18.6 Å². The molecule has 0 aliphatic carbocycles. The Bertz CT molecular complexity index is 452. The topological polar surface area (TPSA) is 70.9 Å². The van der Waals surface area contributed by atoms with Gasteiger partial charge >= 0.3 is 17.1 Å². The zero-order valence-corrected chi connectivity index (χ0v) is 16.5. The van der Waals surface area contributed by atoms with Gasteiger partial charge in [0.2, 0.25) is 0 Å². The third-order valence-electron chi connectivity index (χ3n) is 3.60. The summed E-state index contributed by atoms with van der Waals surface area (Å²) in [6.45, 7) is 14.9. The maximum atomic E-state index is 12.9. The lowest BCUT2D eigenvalue weighted by Crippen LogP contribution is -3.11. The van der Waals surface area contributed by atoms with E-state index in [1.54, 1.807) is 4.90 Å². The zero-order valence-electron chi connectivity index (χ0n) is 15.7. The number of rotatable bonds is 11. The quantitative estimate of drug-likeness (QED) is 0.188. The molecule has 1 N–H and O–H groups in total. The molecular formula is C16H29F4NO4S. The molecule has 156 valence electrons. The molecule has 0 aromatic heterocycles. The molecule has 0 aliphatic rings. The van der Waals surface area contributed by atoms with Crippen LogP contribution in [0.5, 0.6) is 0 Å². The lowest BCUT2D eigenvalue weighted by molar-refractivity contribution is -0.894. The van der Waals surface area contributed by atoms with Crippen LogP contribution in [-0.2, 0) is 20.6 Å². The van der Waals surface area contributed by atoms with Crippen molar-refractivity contribution in [2.45, 2.75) is 58.1 Å². The highest BCUT2D eigenvalue weighted by molar-refractivity contribution is 7.80. The summed E-state index contributed by atoms with van der Waals surface area (Å²) in [5, 5.41) is -5.11. The minimum absolute atomic E-state index is 0.0871. The van der Waals surface area contributed by atoms with Crippen LogP contribution in [0.2, 0.25) is 0 Å². The van der Waals surface area contributed by atoms with Crippen LogP contribution < -0.4 is 4.90 Å². The Hall–Kier alpha value is -1.00. The van der Waals surface area contributed by atoms with Crippen molar-refractivity contribution in [2.24, 2.45) is 0 Å². The first kappa shape index (κ1) is 27.2. The molecule has 0 saturated carbocycles. The summed E-state index contributed by atoms with van der Waals surface area (Å²) in [6.07, 6.45) is -1.82. The van der Waals surface area contributed by atoms with E-state index in [0.717, 1.165) is 0 Å². The standard InChI is InChI=1S/C10H14F4O4S.C6H15N/c1-7(2)8(15)18-6-4-3-5-9(11,12)10(13,14)19(16)17;1-4-7(5-2)6-3/h1,3-6H2,2H3,(H,16,17);4-6H2,1-3H3. The molecule has 0 bridgehead atoms. The summed E-state index contributed by atoms with van der Waals surface area (Å²) in [5.41, 5.74) is 0.124. The first-order chi connectivity index (χ1) is 11.9. The van der Waals surface area contributed by atoms with Gasteiger partial charge in [0.15, 0.2) is 0 Å². The Morgan fingerprint density at radius 2 is 1.58 bits per heavy atom. The number of unbranched alkanes of at least 4 members (excludes halogenated alkanes) is 1. The Morgan fingerprint density at radius 3 is 1.88 bits per heavy atom. The average molecular weight is 407 g/mol. The van der Waals surface area contributed by atoms with Crippen molar-refractivity contribution >= 4 is 17.0 Å². The van der Waals surface area contributed by atoms with Gasteiger partial charge in [-0.15, -0.1) is 0 Å². The van der Waals surface area contributed by atoms with Gasteiger partial charge < -0.3 is 14.2 Å². The van der Waals surface area contributed by atoms with E-state index in [2.05, 4.69) is 32.1 Å². The van der Waals surface area contributed by atoms with Crippen LogP contribution in [-0.4, -0.2) is 52.1 Å². The van der Waals surface area contributed by atoms with E-state index < -0.39 is 41.1 Å². The second-order valence-electron chi connectivity index (χ2n) is 5.64. The number of carbonyl (C=O) groups is 1. The maximum absolute atomic E-state index is 12.9. The minimum atomic E-state index is -5.11. The third-order valence-corrected chi connectivity index (χ3v) is 4.32. The van der Waals surface area contributed by atoms with Crippen molar-refractivity contribution in [1.82, 2.24) is 0 Å². The van der Waals surface area contributed by atoms with Gasteiger partial charge in [-0.2, -0.15) is 17.6 Å². The Labute approximate surface area is 155 Å². The van der Waals surface area contributed by atoms with E-state index in [1.165, 1.54) is 26.6 Å². The van der Waals surface area contributed by atoms with Gasteiger partial charge in [-0.25, -0.2) is 4.79 Å². The van der Waals surface area contributed by atoms with E-state index >= 15 is 0 Å². The van der Waals surface area contributed by atoms with Gasteiger partial charge in [0.1, 0.15) is 0 Å². The molecular weight excluding hydrogens is 378 g/mol. The van der Waals surface area contributed by atoms with Gasteiger partial charge in [-0.05, 0) is 40.5 Å². The van der Waals surface area contributed by atoms with Crippen LogP contribution in [0.1, 0.15) is 47.0 Å². The molecule has 0 amide bonds. The lowest BCUT2D eigenvalue weighted by Gasteiger charge is -2.27. The van der Waals surface area contributed by atoms with E-state index in [4.69, 9.17) is 0 Å². The largest absolute Gasteiger partial charge is 0.768 e. The van der Waals surface area contributed by atoms with E-state index in [0.29, 0.717) is 0 Å². The molecule has 0 heterocycles. The average Bonchev–Trinajstić information content (AvgIpc) is 2.56. The highest BCUT2D eigenvalue weighted by Crippen LogP contribution is 2.39. The van der Waals surface area contributed by atoms with Crippen molar-refractivity contribution in [3.05, 3.63) is 12.2 Å². The van der Waals surface area contributed by atoms with Crippen LogP contribution in [0.15, 0.2) is 12.2 Å². The number of quaternary nitrogens is 1. The number of nitrogens with one attached hydrogen (secondary N) is 1. The minimum Gasteiger partial charge on any atom is -0.768 e. The maximum Gasteiger partial charge on any atom is 0.371 e. The second kappa shape index (κ2) is 13.2. The molecule has 1 atom stereocenters. The number of halogens is 4. The van der Waals surface area contributed by atoms with E-state index in [1.807, 2.05) is 0 Å². The first-order valence-electron chi connectivity index (χ1n) is 8.38. The summed E-state index contributed by atoms with van der Waals surface area (Å²) in [5.74, 6) is -5.37. The first-order valence-corrected chi connectivity index (χ1v) is 9.45. The number of ether oxygens (including phenoxy) is 1. The van der Waals surface area contributed by atoms with Crippen LogP contribution in [0.3, 0.4) is 0 Å². The Morgan fingerprint density at radius 1 is 1.12 bits per heavy atom. The van der Waals surface area contributed by atoms with E-state index in [9.17, 15) is 31.1 Å². The van der Waals surface area contributed by atoms with Crippen molar-refractivity contribution in [1.29, 1.82) is 0 Å². The summed E-state index contributed by atoms with van der Waals surface area (Å²) >= 11 is -4.20. The predicted molar refractivity (Wildman–Crippen MR) is 91.0 cm³/mol. The van der Waals surface area contributed by atoms with Crippen molar-refractivity contribution in [2.75, 3.05) is 26.2 Å². The van der Waals surface area contributed by atoms with Crippen LogP contribution in [0.25, 0.3) is 0 Å². The summed E-state index contributed by atoms with van der Waals surface area (Å²) in [6, 6.07) is 0. The second-order valence-corrected chi connectivity index (χ2v) is 6.62. The molecule has 5 nitrogen and oxygen atoms in total. The molecule has 0 aliphatic heterocycles. The van der Waals surface area contributed by atoms with Crippen molar-refractivity contribution < 1.29 is 40.8 Å². The monoisotopic (exact) mass is 407 g/mol. The van der Waals surface area contributed by atoms with Gasteiger partial charge in [0.25, 0.3) is 0 Å². The SMILES string of the molecule is C=C(C)C(=O)OCCCCC(F)(F)C(F)(F)S(=O)[O-].CC[NH+](CC)CC. The van der Waals surface area contributed by atoms with Crippen LogP contribution in [0.4, 0.5) is 17.6 Å². The van der Waals surface area contributed by atoms with Gasteiger partial charge in [-0.1, -0.05) is 6.58 Å². The third kappa shape index (κ3) is 10.2. The lowest BCUT2D eigenvalue weighted by atomic mass is 10.1. The summed E-state index contributed by atoms with van der Waals surface area (Å²) < 4.78 is 75.6. The summed E-state index contributed by atoms with van der Waals surface area (Å²) in [4.78, 5) is 12.6. The molecule has 26 heavy (non-hydrogen) atoms. The van der Waals surface area contributed by atoms with Gasteiger partial charge in [-0.3, -0.25) is 4.21 Å². The fraction of sp³-hybridized carbons (Fsp3) is 0.812. The van der Waals surface area contributed by atoms with Crippen LogP contribution in [0, 0.1) is 0 Å². The molecule has 0 spiro atoms. The predicted octanol–water partition coefficient (Wildman–Crippen LogP) is 2.31. The van der Waals surface area contributed by atoms with Crippen LogP contribution >= 0.6 is 0 Å². The molecule has 0 aromatic carbocycles. The van der Waals surface area contributed by atoms with Gasteiger partial charge in [0.05, 0.1) is 26.2 Å². The summed E-state index contributed by atoms with van der Waals surface area (Å²) in [7, 11) is 0. The number of carbonyl (C=O) groups excluding carboxylic acids is 1. The number of esters is 1. The number of alkyl halides is 4. The molecule has 10 heteroatoms. The molecule has 0 fully saturated rings. The highest BCUT2D eigenvalue weighted by atomic mass is 32.2. The number of hydrogen-bond donors (Lipinski definition) is 1. The van der Waals surface area contributed by atoms with Gasteiger partial charge in [0, 0.05) is 23.1 Å². The smallest absolute Gasteiger partial charge is 0.371 e. The molecule has 0 saturated heterocycles. The van der Waals surface area contributed by atoms with Crippen molar-refractivity contribution in [3.63, 3.8) is 0 Å². The molecule has 0 radical (unpaired) electrons. The highest BCUT2D eigenvalue weighted by Gasteiger charge is 2.56. The molecule has 0 rings (SSSR count). The Balaban J connectivity index is 0.